The Hall–Kier alpha value is -3.62. The lowest BCUT2D eigenvalue weighted by Gasteiger charge is -2.36. The van der Waals surface area contributed by atoms with Crippen LogP contribution in [0.25, 0.3) is 0 Å². The minimum atomic E-state index is -0.730. The molecule has 0 spiro atoms. The van der Waals surface area contributed by atoms with E-state index in [0.717, 1.165) is 0 Å². The molecule has 9 nitrogen and oxygen atoms in total. The van der Waals surface area contributed by atoms with Crippen molar-refractivity contribution in [2.24, 2.45) is 17.0 Å². The van der Waals surface area contributed by atoms with Crippen molar-refractivity contribution < 1.29 is 39.2 Å². The number of methoxy groups -OCH3 is 3. The van der Waals surface area contributed by atoms with Crippen LogP contribution in [0, 0.1) is 11.8 Å². The first-order chi connectivity index (χ1) is 14.4. The summed E-state index contributed by atoms with van der Waals surface area (Å²) in [6.45, 7) is 0.166. The molecule has 1 aliphatic carbocycles. The first-order valence-corrected chi connectivity index (χ1v) is 9.20. The Morgan fingerprint density at radius 3 is 2.27 bits per heavy atom. The van der Waals surface area contributed by atoms with E-state index >= 15 is 0 Å². The van der Waals surface area contributed by atoms with Gasteiger partial charge in [0.1, 0.15) is 6.61 Å². The number of hydrogen-bond donors (Lipinski definition) is 3. The second kappa shape index (κ2) is 7.33. The number of fused-ring (bicyclic) bond motifs is 3. The van der Waals surface area contributed by atoms with Crippen molar-refractivity contribution in [1.82, 2.24) is 0 Å². The molecule has 1 heterocycles. The van der Waals surface area contributed by atoms with E-state index < -0.39 is 23.7 Å². The lowest BCUT2D eigenvalue weighted by molar-refractivity contribution is -0.147. The van der Waals surface area contributed by atoms with Gasteiger partial charge in [-0.05, 0) is 35.4 Å². The molecule has 0 aromatic heterocycles. The average Bonchev–Trinajstić information content (AvgIpc) is 3.23. The lowest BCUT2D eigenvalue weighted by atomic mass is 9.65. The van der Waals surface area contributed by atoms with Crippen LogP contribution >= 0.6 is 0 Å². The second-order valence-electron chi connectivity index (χ2n) is 7.11. The topological polar surface area (TPSA) is 127 Å². The predicted molar refractivity (Wildman–Crippen MR) is 104 cm³/mol. The molecule has 4 rings (SSSR count). The van der Waals surface area contributed by atoms with E-state index in [-0.39, 0.29) is 35.4 Å². The minimum absolute atomic E-state index is 0.166. The number of ether oxygens (including phenoxy) is 3. The van der Waals surface area contributed by atoms with Gasteiger partial charge in [0.05, 0.1) is 38.9 Å². The Kier molecular flexibility index (Phi) is 4.81. The SMILES string of the molecule is COC(=O)[C@@H]1[C@H](c2cc(OC)c(O)c(OC)c2)c2cc(O)c(O)cc2C2=NOC[C@H]21. The molecule has 2 aromatic rings. The van der Waals surface area contributed by atoms with Crippen LogP contribution in [0.15, 0.2) is 29.4 Å². The highest BCUT2D eigenvalue weighted by Gasteiger charge is 2.49. The molecule has 0 saturated carbocycles. The van der Waals surface area contributed by atoms with Gasteiger partial charge in [-0.3, -0.25) is 4.79 Å². The summed E-state index contributed by atoms with van der Waals surface area (Å²) < 4.78 is 15.6. The maximum atomic E-state index is 12.9. The third-order valence-corrected chi connectivity index (χ3v) is 5.65. The summed E-state index contributed by atoms with van der Waals surface area (Å²) in [7, 11) is 4.11. The lowest BCUT2D eigenvalue weighted by Crippen LogP contribution is -2.40. The number of esters is 1. The molecule has 9 heteroatoms. The van der Waals surface area contributed by atoms with E-state index in [2.05, 4.69) is 5.16 Å². The van der Waals surface area contributed by atoms with Crippen molar-refractivity contribution >= 4 is 11.7 Å². The van der Waals surface area contributed by atoms with Gasteiger partial charge in [-0.1, -0.05) is 5.16 Å². The number of carbonyl (C=O) groups excluding carboxylic acids is 1. The molecule has 3 atom stereocenters. The average molecular weight is 415 g/mol. The molecule has 0 amide bonds. The van der Waals surface area contributed by atoms with E-state index in [0.29, 0.717) is 22.4 Å². The fourth-order valence-corrected chi connectivity index (χ4v) is 4.27. The smallest absolute Gasteiger partial charge is 0.310 e. The molecule has 1 aliphatic heterocycles. The van der Waals surface area contributed by atoms with Gasteiger partial charge in [-0.2, -0.15) is 0 Å². The molecule has 2 aliphatic rings. The number of aromatic hydroxyl groups is 3. The monoisotopic (exact) mass is 415 g/mol. The second-order valence-corrected chi connectivity index (χ2v) is 7.11. The summed E-state index contributed by atoms with van der Waals surface area (Å²) >= 11 is 0. The van der Waals surface area contributed by atoms with Gasteiger partial charge in [-0.15, -0.1) is 0 Å². The molecule has 0 unspecified atom stereocenters. The largest absolute Gasteiger partial charge is 0.504 e. The summed E-state index contributed by atoms with van der Waals surface area (Å²) in [5.74, 6) is -2.73. The number of phenolic OH excluding ortho intramolecular Hbond substituents is 3. The van der Waals surface area contributed by atoms with Crippen LogP contribution in [0.2, 0.25) is 0 Å². The first-order valence-electron chi connectivity index (χ1n) is 9.20. The maximum Gasteiger partial charge on any atom is 0.310 e. The van der Waals surface area contributed by atoms with E-state index in [4.69, 9.17) is 19.0 Å². The van der Waals surface area contributed by atoms with Crippen molar-refractivity contribution in [3.63, 3.8) is 0 Å². The first kappa shape index (κ1) is 19.7. The number of oxime groups is 1. The van der Waals surface area contributed by atoms with Crippen LogP contribution in [0.5, 0.6) is 28.7 Å². The van der Waals surface area contributed by atoms with Crippen LogP contribution in [0.4, 0.5) is 0 Å². The molecule has 158 valence electrons. The van der Waals surface area contributed by atoms with E-state index in [1.807, 2.05) is 0 Å². The highest BCUT2D eigenvalue weighted by molar-refractivity contribution is 6.08. The van der Waals surface area contributed by atoms with E-state index in [1.165, 1.54) is 33.5 Å². The number of phenols is 3. The Morgan fingerprint density at radius 2 is 1.67 bits per heavy atom. The van der Waals surface area contributed by atoms with Gasteiger partial charge in [0.2, 0.25) is 5.75 Å². The van der Waals surface area contributed by atoms with Crippen LogP contribution < -0.4 is 9.47 Å². The third kappa shape index (κ3) is 2.85. The molecule has 3 N–H and O–H groups in total. The standard InChI is InChI=1S/C21H21NO8/c1-27-15-4-9(5-16(28-2)20(15)25)17-10-6-13(23)14(24)7-11(10)19-12(8-30-22-19)18(17)21(26)29-3/h4-7,12,17-18,23-25H,8H2,1-3H3/t12-,17+,18-/m0/s1. The minimum Gasteiger partial charge on any atom is -0.504 e. The van der Waals surface area contributed by atoms with Crippen molar-refractivity contribution in [3.05, 3.63) is 41.0 Å². The van der Waals surface area contributed by atoms with Crippen LogP contribution in [-0.4, -0.2) is 54.9 Å². The van der Waals surface area contributed by atoms with Crippen molar-refractivity contribution in [3.8, 4) is 28.7 Å². The number of rotatable bonds is 4. The van der Waals surface area contributed by atoms with Crippen molar-refractivity contribution in [2.45, 2.75) is 5.92 Å². The summed E-state index contributed by atoms with van der Waals surface area (Å²) in [6.07, 6.45) is 0. The van der Waals surface area contributed by atoms with Crippen molar-refractivity contribution in [2.75, 3.05) is 27.9 Å². The maximum absolute atomic E-state index is 12.9. The van der Waals surface area contributed by atoms with Gasteiger partial charge in [0.25, 0.3) is 0 Å². The van der Waals surface area contributed by atoms with Gasteiger partial charge in [-0.25, -0.2) is 0 Å². The quantitative estimate of drug-likeness (QED) is 0.512. The van der Waals surface area contributed by atoms with Gasteiger partial charge >= 0.3 is 5.97 Å². The highest BCUT2D eigenvalue weighted by atomic mass is 16.6. The van der Waals surface area contributed by atoms with Crippen LogP contribution in [0.3, 0.4) is 0 Å². The summed E-state index contributed by atoms with van der Waals surface area (Å²) in [5, 5.41) is 34.6. The zero-order chi connectivity index (χ0) is 21.6. The van der Waals surface area contributed by atoms with Gasteiger partial charge in [0.15, 0.2) is 23.0 Å². The summed E-state index contributed by atoms with van der Waals surface area (Å²) in [6, 6.07) is 6.00. The Labute approximate surface area is 172 Å². The fourth-order valence-electron chi connectivity index (χ4n) is 4.27. The molecule has 0 radical (unpaired) electrons. The number of hydrogen-bond acceptors (Lipinski definition) is 9. The number of carbonyl (C=O) groups is 1. The zero-order valence-electron chi connectivity index (χ0n) is 16.6. The van der Waals surface area contributed by atoms with Crippen LogP contribution in [-0.2, 0) is 14.4 Å². The van der Waals surface area contributed by atoms with Crippen LogP contribution in [0.1, 0.15) is 22.6 Å². The van der Waals surface area contributed by atoms with Crippen molar-refractivity contribution in [1.29, 1.82) is 0 Å². The summed E-state index contributed by atoms with van der Waals surface area (Å²) in [5.41, 5.74) is 2.21. The zero-order valence-corrected chi connectivity index (χ0v) is 16.6. The molecule has 30 heavy (non-hydrogen) atoms. The highest BCUT2D eigenvalue weighted by Crippen LogP contribution is 2.51. The van der Waals surface area contributed by atoms with Gasteiger partial charge < -0.3 is 34.4 Å². The Morgan fingerprint density at radius 1 is 1.03 bits per heavy atom. The molecular weight excluding hydrogens is 394 g/mol. The molecular formula is C21H21NO8. The van der Waals surface area contributed by atoms with E-state index in [9.17, 15) is 20.1 Å². The number of nitrogens with zero attached hydrogens (tertiary/aromatic N) is 1. The molecule has 0 saturated heterocycles. The summed E-state index contributed by atoms with van der Waals surface area (Å²) in [4.78, 5) is 18.2. The molecule has 0 bridgehead atoms. The third-order valence-electron chi connectivity index (χ3n) is 5.65. The Balaban J connectivity index is 2.01. The fraction of sp³-hybridized carbons (Fsp3) is 0.333. The number of benzene rings is 2. The Bertz CT molecular complexity index is 1020. The van der Waals surface area contributed by atoms with Gasteiger partial charge in [0, 0.05) is 11.5 Å². The predicted octanol–water partition coefficient (Wildman–Crippen LogP) is 2.11. The molecule has 2 aromatic carbocycles. The van der Waals surface area contributed by atoms with E-state index in [1.54, 1.807) is 12.1 Å². The normalized spacial score (nSPS) is 21.7. The molecule has 0 fully saturated rings.